The molecule has 140 valence electrons. The minimum atomic E-state index is 0.885. The second-order valence-electron chi connectivity index (χ2n) is 6.37. The van der Waals surface area contributed by atoms with Crippen LogP contribution in [-0.2, 0) is 0 Å². The molecule has 5 heterocycles. The van der Waals surface area contributed by atoms with Gasteiger partial charge in [-0.3, -0.25) is 9.97 Å². The van der Waals surface area contributed by atoms with E-state index >= 15 is 0 Å². The molecule has 0 saturated heterocycles. The molecule has 0 aromatic carbocycles. The molecule has 5 aromatic rings. The highest BCUT2D eigenvalue weighted by Gasteiger charge is 2.12. The number of pyridine rings is 2. The number of hydrogen-bond acceptors (Lipinski definition) is 5. The average molecular weight is 429 g/mol. The van der Waals surface area contributed by atoms with E-state index in [0.717, 1.165) is 17.0 Å². The molecule has 0 aliphatic heterocycles. The van der Waals surface area contributed by atoms with Gasteiger partial charge in [0.15, 0.2) is 0 Å². The van der Waals surface area contributed by atoms with Gasteiger partial charge in [0.2, 0.25) is 0 Å². The van der Waals surface area contributed by atoms with Crippen molar-refractivity contribution in [2.24, 2.45) is 0 Å². The normalized spacial score (nSPS) is 11.3. The van der Waals surface area contributed by atoms with Gasteiger partial charge in [0.25, 0.3) is 0 Å². The van der Waals surface area contributed by atoms with Crippen molar-refractivity contribution in [1.82, 2.24) is 9.97 Å². The van der Waals surface area contributed by atoms with Crippen molar-refractivity contribution in [3.8, 4) is 30.9 Å². The van der Waals surface area contributed by atoms with Gasteiger partial charge in [-0.25, -0.2) is 0 Å². The number of nitrogens with zero attached hydrogens (tertiary/aromatic N) is 2. The first kappa shape index (κ1) is 18.2. The molecule has 5 aromatic heterocycles. The SMILES string of the molecule is C(=Cc1cc(-c2cccs2)sc1-c1cccs1)c1ccnc(-c2ccccn2)c1. The topological polar surface area (TPSA) is 25.8 Å². The first-order valence-corrected chi connectivity index (χ1v) is 11.7. The zero-order valence-electron chi connectivity index (χ0n) is 15.4. The number of hydrogen-bond donors (Lipinski definition) is 0. The average Bonchev–Trinajstić information content (AvgIpc) is 3.54. The summed E-state index contributed by atoms with van der Waals surface area (Å²) < 4.78 is 0. The van der Waals surface area contributed by atoms with Gasteiger partial charge in [-0.2, -0.15) is 0 Å². The van der Waals surface area contributed by atoms with Gasteiger partial charge < -0.3 is 0 Å². The Kier molecular flexibility index (Phi) is 5.17. The fourth-order valence-electron chi connectivity index (χ4n) is 3.06. The summed E-state index contributed by atoms with van der Waals surface area (Å²) in [4.78, 5) is 14.1. The van der Waals surface area contributed by atoms with Crippen LogP contribution in [0, 0.1) is 0 Å². The predicted octanol–water partition coefficient (Wildman–Crippen LogP) is 7.83. The molecule has 0 spiro atoms. The van der Waals surface area contributed by atoms with E-state index in [1.807, 2.05) is 41.8 Å². The van der Waals surface area contributed by atoms with Crippen LogP contribution in [0.3, 0.4) is 0 Å². The van der Waals surface area contributed by atoms with E-state index in [-0.39, 0.29) is 0 Å². The van der Waals surface area contributed by atoms with E-state index in [1.54, 1.807) is 28.9 Å². The van der Waals surface area contributed by atoms with E-state index in [0.29, 0.717) is 0 Å². The number of thiophene rings is 3. The molecule has 0 fully saturated rings. The monoisotopic (exact) mass is 428 g/mol. The highest BCUT2D eigenvalue weighted by molar-refractivity contribution is 7.26. The molecular weight excluding hydrogens is 412 g/mol. The third-order valence-electron chi connectivity index (χ3n) is 4.44. The van der Waals surface area contributed by atoms with Crippen molar-refractivity contribution in [2.75, 3.05) is 0 Å². The highest BCUT2D eigenvalue weighted by Crippen LogP contribution is 2.42. The van der Waals surface area contributed by atoms with Crippen molar-refractivity contribution < 1.29 is 0 Å². The molecule has 0 atom stereocenters. The maximum atomic E-state index is 4.47. The Morgan fingerprint density at radius 1 is 0.655 bits per heavy atom. The Bertz CT molecular complexity index is 1230. The van der Waals surface area contributed by atoms with Crippen LogP contribution in [0.25, 0.3) is 43.0 Å². The third-order valence-corrected chi connectivity index (χ3v) is 7.70. The van der Waals surface area contributed by atoms with Crippen LogP contribution in [0.4, 0.5) is 0 Å². The molecule has 0 aliphatic rings. The van der Waals surface area contributed by atoms with Gasteiger partial charge in [0.1, 0.15) is 0 Å². The minimum absolute atomic E-state index is 0.885. The zero-order chi connectivity index (χ0) is 19.5. The van der Waals surface area contributed by atoms with Crippen LogP contribution in [0.2, 0.25) is 0 Å². The van der Waals surface area contributed by atoms with Crippen molar-refractivity contribution >= 4 is 46.2 Å². The molecule has 0 radical (unpaired) electrons. The zero-order valence-corrected chi connectivity index (χ0v) is 17.8. The van der Waals surface area contributed by atoms with Crippen molar-refractivity contribution in [2.45, 2.75) is 0 Å². The van der Waals surface area contributed by atoms with Gasteiger partial charge in [-0.1, -0.05) is 30.4 Å². The van der Waals surface area contributed by atoms with Crippen LogP contribution in [0.1, 0.15) is 11.1 Å². The van der Waals surface area contributed by atoms with E-state index in [4.69, 9.17) is 0 Å². The minimum Gasteiger partial charge on any atom is -0.255 e. The summed E-state index contributed by atoms with van der Waals surface area (Å²) in [5.41, 5.74) is 4.13. The summed E-state index contributed by atoms with van der Waals surface area (Å²) in [6.07, 6.45) is 8.00. The number of rotatable bonds is 5. The van der Waals surface area contributed by atoms with Gasteiger partial charge in [0, 0.05) is 27.0 Å². The van der Waals surface area contributed by atoms with Crippen LogP contribution in [-0.4, -0.2) is 9.97 Å². The lowest BCUT2D eigenvalue weighted by Crippen LogP contribution is -1.86. The summed E-state index contributed by atoms with van der Waals surface area (Å²) in [5.74, 6) is 0. The molecule has 5 rings (SSSR count). The summed E-state index contributed by atoms with van der Waals surface area (Å²) >= 11 is 5.43. The second kappa shape index (κ2) is 8.25. The molecule has 0 unspecified atom stereocenters. The smallest absolute Gasteiger partial charge is 0.0892 e. The predicted molar refractivity (Wildman–Crippen MR) is 127 cm³/mol. The maximum absolute atomic E-state index is 4.47. The maximum Gasteiger partial charge on any atom is 0.0892 e. The molecule has 0 aliphatic carbocycles. The Labute approximate surface area is 181 Å². The summed E-state index contributed by atoms with van der Waals surface area (Å²) in [5, 5.41) is 4.26. The Morgan fingerprint density at radius 2 is 1.48 bits per heavy atom. The van der Waals surface area contributed by atoms with Crippen molar-refractivity contribution in [3.63, 3.8) is 0 Å². The van der Waals surface area contributed by atoms with Gasteiger partial charge in [-0.15, -0.1) is 34.0 Å². The van der Waals surface area contributed by atoms with Crippen LogP contribution in [0.15, 0.2) is 83.8 Å². The molecule has 0 N–H and O–H groups in total. The van der Waals surface area contributed by atoms with Crippen molar-refractivity contribution in [1.29, 1.82) is 0 Å². The lowest BCUT2D eigenvalue weighted by molar-refractivity contribution is 1.24. The highest BCUT2D eigenvalue weighted by atomic mass is 32.1. The standard InChI is InChI=1S/C24H16N2S3/c1-2-11-25-19(5-1)20-15-17(10-12-26-20)8-9-18-16-23(21-6-3-13-27-21)29-24(18)22-7-4-14-28-22/h1-16H. The van der Waals surface area contributed by atoms with E-state index in [9.17, 15) is 0 Å². The van der Waals surface area contributed by atoms with Crippen LogP contribution in [0.5, 0.6) is 0 Å². The van der Waals surface area contributed by atoms with E-state index < -0.39 is 0 Å². The second-order valence-corrected chi connectivity index (χ2v) is 9.32. The Morgan fingerprint density at radius 3 is 2.24 bits per heavy atom. The number of aromatic nitrogens is 2. The summed E-state index contributed by atoms with van der Waals surface area (Å²) in [7, 11) is 0. The molecule has 29 heavy (non-hydrogen) atoms. The third kappa shape index (κ3) is 3.98. The van der Waals surface area contributed by atoms with Crippen LogP contribution < -0.4 is 0 Å². The Hall–Kier alpha value is -2.86. The van der Waals surface area contributed by atoms with Gasteiger partial charge in [0.05, 0.1) is 16.3 Å². The molecule has 0 saturated carbocycles. The molecule has 2 nitrogen and oxygen atoms in total. The van der Waals surface area contributed by atoms with Crippen LogP contribution >= 0.6 is 34.0 Å². The molecule has 5 heteroatoms. The van der Waals surface area contributed by atoms with Crippen molar-refractivity contribution in [3.05, 3.63) is 94.9 Å². The molecule has 0 bridgehead atoms. The lowest BCUT2D eigenvalue weighted by atomic mass is 10.1. The quantitative estimate of drug-likeness (QED) is 0.285. The van der Waals surface area contributed by atoms with Gasteiger partial charge in [-0.05, 0) is 64.4 Å². The van der Waals surface area contributed by atoms with Gasteiger partial charge >= 0.3 is 0 Å². The summed E-state index contributed by atoms with van der Waals surface area (Å²) in [6.45, 7) is 0. The molecule has 0 amide bonds. The first-order valence-electron chi connectivity index (χ1n) is 9.14. The fourth-order valence-corrected chi connectivity index (χ4v) is 5.91. The van der Waals surface area contributed by atoms with E-state index in [1.165, 1.54) is 25.1 Å². The fraction of sp³-hybridized carbons (Fsp3) is 0. The lowest BCUT2D eigenvalue weighted by Gasteiger charge is -2.01. The largest absolute Gasteiger partial charge is 0.255 e. The summed E-state index contributed by atoms with van der Waals surface area (Å²) in [6, 6.07) is 20.9. The molecular formula is C24H16N2S3. The Balaban J connectivity index is 1.51. The first-order chi connectivity index (χ1) is 14.4. The van der Waals surface area contributed by atoms with E-state index in [2.05, 4.69) is 69.3 Å².